The summed E-state index contributed by atoms with van der Waals surface area (Å²) in [5.74, 6) is -0.307. The number of halogens is 3. The van der Waals surface area contributed by atoms with E-state index in [4.69, 9.17) is 54.4 Å². The van der Waals surface area contributed by atoms with Gasteiger partial charge < -0.3 is 14.6 Å². The molecule has 5 rings (SSSR count). The van der Waals surface area contributed by atoms with Gasteiger partial charge >= 0.3 is 0 Å². The van der Waals surface area contributed by atoms with Crippen LogP contribution in [0.2, 0.25) is 15.1 Å². The average molecular weight is 731 g/mol. The number of carbonyl (C=O) groups is 1. The Bertz CT molecular complexity index is 1840. The normalized spacial score (nSPS) is 17.4. The summed E-state index contributed by atoms with van der Waals surface area (Å²) < 4.78 is 39.2. The molecular weight excluding hydrogens is 697 g/mol. The summed E-state index contributed by atoms with van der Waals surface area (Å²) in [6, 6.07) is 27.1. The zero-order valence-electron chi connectivity index (χ0n) is 25.7. The molecule has 1 heterocycles. The number of carbonyl (C=O) groups excluding carboxylic acids is 1. The smallest absolute Gasteiger partial charge is 0.266 e. The van der Waals surface area contributed by atoms with E-state index in [1.807, 2.05) is 12.1 Å². The molecule has 1 aliphatic rings. The van der Waals surface area contributed by atoms with Gasteiger partial charge in [-0.05, 0) is 72.6 Å². The predicted octanol–water partition coefficient (Wildman–Crippen LogP) is 6.39. The minimum atomic E-state index is -3.83. The van der Waals surface area contributed by atoms with Crippen LogP contribution in [-0.4, -0.2) is 56.4 Å². The molecule has 48 heavy (non-hydrogen) atoms. The molecule has 3 N–H and O–H groups in total. The third-order valence-corrected chi connectivity index (χ3v) is 10.3. The zero-order valence-corrected chi connectivity index (χ0v) is 28.8. The molecular formula is C35H34Cl3N3O6S. The van der Waals surface area contributed by atoms with Crippen molar-refractivity contribution in [2.75, 3.05) is 25.5 Å². The van der Waals surface area contributed by atoms with E-state index in [1.165, 1.54) is 18.2 Å². The number of benzene rings is 4. The predicted molar refractivity (Wildman–Crippen MR) is 188 cm³/mol. The number of hydrazine groups is 1. The molecule has 0 radical (unpaired) electrons. The molecule has 0 fully saturated rings. The zero-order chi connectivity index (χ0) is 34.1. The minimum absolute atomic E-state index is 0.0114. The van der Waals surface area contributed by atoms with Crippen LogP contribution in [0, 0.1) is 0 Å². The Balaban J connectivity index is 1.50. The van der Waals surface area contributed by atoms with Gasteiger partial charge in [-0.25, -0.2) is 18.8 Å². The van der Waals surface area contributed by atoms with Crippen LogP contribution in [0.1, 0.15) is 35.6 Å². The minimum Gasteiger partial charge on any atom is -0.494 e. The van der Waals surface area contributed by atoms with E-state index in [2.05, 4.69) is 10.9 Å². The number of aliphatic imine (C=N–C) groups is 1. The van der Waals surface area contributed by atoms with Gasteiger partial charge in [0.25, 0.3) is 5.91 Å². The van der Waals surface area contributed by atoms with E-state index in [1.54, 1.807) is 66.7 Å². The van der Waals surface area contributed by atoms with Crippen molar-refractivity contribution in [3.05, 3.63) is 129 Å². The lowest BCUT2D eigenvalue weighted by atomic mass is 9.85. The number of aliphatic hydroxyl groups excluding tert-OH is 1. The fraction of sp³-hybridized carbons (Fsp3) is 0.257. The molecule has 9 nitrogen and oxygen atoms in total. The molecule has 1 amide bonds. The molecule has 0 aliphatic carbocycles. The van der Waals surface area contributed by atoms with Crippen molar-refractivity contribution in [1.29, 1.82) is 0 Å². The number of hydrogen-bond acceptors (Lipinski definition) is 8. The van der Waals surface area contributed by atoms with E-state index in [0.717, 1.165) is 5.56 Å². The summed E-state index contributed by atoms with van der Waals surface area (Å²) in [4.78, 5) is 19.3. The lowest BCUT2D eigenvalue weighted by Gasteiger charge is -2.31. The van der Waals surface area contributed by atoms with E-state index in [-0.39, 0.29) is 28.8 Å². The van der Waals surface area contributed by atoms with Crippen molar-refractivity contribution < 1.29 is 27.8 Å². The number of rotatable bonds is 15. The highest BCUT2D eigenvalue weighted by molar-refractivity contribution is 7.91. The maximum atomic E-state index is 14.3. The summed E-state index contributed by atoms with van der Waals surface area (Å²) in [6.45, 7) is 0.722. The molecule has 4 aromatic rings. The quantitative estimate of drug-likeness (QED) is 0.0956. The Kier molecular flexibility index (Phi) is 12.0. The van der Waals surface area contributed by atoms with Gasteiger partial charge in [0.2, 0.25) is 5.90 Å². The van der Waals surface area contributed by atoms with Crippen LogP contribution in [0.3, 0.4) is 0 Å². The molecule has 0 aromatic heterocycles. The molecule has 0 unspecified atom stereocenters. The van der Waals surface area contributed by atoms with Crippen LogP contribution < -0.4 is 15.6 Å². The summed E-state index contributed by atoms with van der Waals surface area (Å²) in [5, 5.41) is 10.3. The van der Waals surface area contributed by atoms with E-state index >= 15 is 0 Å². The van der Waals surface area contributed by atoms with Gasteiger partial charge in [0.05, 0.1) is 17.3 Å². The van der Waals surface area contributed by atoms with Gasteiger partial charge in [0.15, 0.2) is 21.5 Å². The van der Waals surface area contributed by atoms with Crippen LogP contribution in [0.5, 0.6) is 5.75 Å². The Morgan fingerprint density at radius 3 is 2.33 bits per heavy atom. The summed E-state index contributed by atoms with van der Waals surface area (Å²) in [6.07, 6.45) is -0.276. The van der Waals surface area contributed by atoms with Crippen LogP contribution in [-0.2, 0) is 25.8 Å². The van der Waals surface area contributed by atoms with Gasteiger partial charge in [-0.15, -0.1) is 0 Å². The second kappa shape index (κ2) is 16.2. The molecule has 0 saturated carbocycles. The first kappa shape index (κ1) is 35.7. The van der Waals surface area contributed by atoms with Gasteiger partial charge in [0.1, 0.15) is 5.75 Å². The number of ether oxygens (including phenoxy) is 2. The standard InChI is InChI=1S/C35H34Cl3N3O6S/c36-26-11-7-24(8-12-26)17-19-39-41-34(43)35(18-22-48(44,45)29-5-2-1-3-6-29)32(30-16-13-27(37)23-31(30)38)47-33(40-35)25-9-14-28(15-10-25)46-21-4-20-42/h1-3,5-16,23,32,39,42H,4,17-22H2,(H,41,43)/t32-,35-/m0/s1. The van der Waals surface area contributed by atoms with Crippen molar-refractivity contribution in [2.24, 2.45) is 4.99 Å². The lowest BCUT2D eigenvalue weighted by molar-refractivity contribution is -0.130. The third-order valence-electron chi connectivity index (χ3n) is 7.78. The van der Waals surface area contributed by atoms with Crippen molar-refractivity contribution in [3.8, 4) is 5.75 Å². The Labute approximate surface area is 294 Å². The average Bonchev–Trinajstić information content (AvgIpc) is 3.48. The summed E-state index contributed by atoms with van der Waals surface area (Å²) in [7, 11) is -3.83. The first-order valence-corrected chi connectivity index (χ1v) is 18.0. The largest absolute Gasteiger partial charge is 0.494 e. The van der Waals surface area contributed by atoms with Crippen LogP contribution >= 0.6 is 34.8 Å². The monoisotopic (exact) mass is 729 g/mol. The second-order valence-corrected chi connectivity index (χ2v) is 14.5. The highest BCUT2D eigenvalue weighted by Crippen LogP contribution is 2.45. The number of hydrogen-bond donors (Lipinski definition) is 3. The van der Waals surface area contributed by atoms with Crippen molar-refractivity contribution in [2.45, 2.75) is 35.8 Å². The molecule has 1 aliphatic heterocycles. The van der Waals surface area contributed by atoms with Gasteiger partial charge in [-0.2, -0.15) is 0 Å². The fourth-order valence-electron chi connectivity index (χ4n) is 5.21. The van der Waals surface area contributed by atoms with E-state index in [0.29, 0.717) is 52.9 Å². The summed E-state index contributed by atoms with van der Waals surface area (Å²) >= 11 is 18.9. The maximum absolute atomic E-state index is 14.3. The molecule has 0 bridgehead atoms. The number of sulfone groups is 1. The number of aliphatic hydroxyl groups is 1. The van der Waals surface area contributed by atoms with E-state index < -0.39 is 33.1 Å². The molecule has 2 atom stereocenters. The lowest BCUT2D eigenvalue weighted by Crippen LogP contribution is -2.53. The van der Waals surface area contributed by atoms with Crippen LogP contribution in [0.25, 0.3) is 0 Å². The van der Waals surface area contributed by atoms with Crippen LogP contribution in [0.4, 0.5) is 0 Å². The number of nitrogens with one attached hydrogen (secondary N) is 2. The number of amides is 1. The van der Waals surface area contributed by atoms with Crippen molar-refractivity contribution in [1.82, 2.24) is 10.9 Å². The highest BCUT2D eigenvalue weighted by Gasteiger charge is 2.54. The SMILES string of the molecule is O=C(NNCCc1ccc(Cl)cc1)[C@@]1(CCS(=O)(=O)c2ccccc2)N=C(c2ccc(OCCCO)cc2)O[C@H]1c1ccc(Cl)cc1Cl. The topological polar surface area (TPSA) is 126 Å². The van der Waals surface area contributed by atoms with Gasteiger partial charge in [-0.1, -0.05) is 71.2 Å². The molecule has 4 aromatic carbocycles. The Morgan fingerprint density at radius 1 is 0.938 bits per heavy atom. The third kappa shape index (κ3) is 8.68. The second-order valence-electron chi connectivity index (χ2n) is 11.1. The van der Waals surface area contributed by atoms with Crippen molar-refractivity contribution in [3.63, 3.8) is 0 Å². The van der Waals surface area contributed by atoms with Gasteiger partial charge in [-0.3, -0.25) is 10.2 Å². The Morgan fingerprint density at radius 2 is 1.65 bits per heavy atom. The van der Waals surface area contributed by atoms with E-state index in [9.17, 15) is 13.2 Å². The summed E-state index contributed by atoms with van der Waals surface area (Å²) in [5.41, 5.74) is 5.91. The fourth-order valence-corrected chi connectivity index (χ4v) is 7.23. The molecule has 252 valence electrons. The van der Waals surface area contributed by atoms with Crippen LogP contribution in [0.15, 0.2) is 107 Å². The first-order chi connectivity index (χ1) is 23.1. The van der Waals surface area contributed by atoms with Gasteiger partial charge in [0, 0.05) is 52.2 Å². The molecule has 0 spiro atoms. The number of nitrogens with zero attached hydrogens (tertiary/aromatic N) is 1. The molecule has 13 heteroatoms. The highest BCUT2D eigenvalue weighted by atomic mass is 35.5. The maximum Gasteiger partial charge on any atom is 0.266 e. The van der Waals surface area contributed by atoms with Crippen molar-refractivity contribution >= 4 is 56.4 Å². The first-order valence-electron chi connectivity index (χ1n) is 15.2. The molecule has 0 saturated heterocycles. The Hall–Kier alpha value is -3.64.